The largest absolute Gasteiger partial charge is 0.392 e. The van der Waals surface area contributed by atoms with Gasteiger partial charge in [0.05, 0.1) is 17.2 Å². The van der Waals surface area contributed by atoms with E-state index >= 15 is 0 Å². The highest BCUT2D eigenvalue weighted by molar-refractivity contribution is 7.80. The molecule has 0 bridgehead atoms. The predicted octanol–water partition coefficient (Wildman–Crippen LogP) is 0.983. The molecule has 0 aliphatic heterocycles. The standard InChI is InChI=1S/C9H14N4OS2/c1-5(2)13(4-7(10)15)9(14)8-6(3)11-12-16-8/h5H,4H2,1-3H3,(H2,10,15). The van der Waals surface area contributed by atoms with Crippen molar-refractivity contribution in [3.05, 3.63) is 10.6 Å². The molecule has 1 aromatic rings. The number of hydrogen-bond donors (Lipinski definition) is 1. The van der Waals surface area contributed by atoms with Crippen LogP contribution in [0, 0.1) is 6.92 Å². The number of carbonyl (C=O) groups is 1. The van der Waals surface area contributed by atoms with Crippen molar-refractivity contribution in [3.8, 4) is 0 Å². The highest BCUT2D eigenvalue weighted by atomic mass is 32.1. The smallest absolute Gasteiger partial charge is 0.268 e. The molecule has 0 radical (unpaired) electrons. The maximum atomic E-state index is 12.1. The summed E-state index contributed by atoms with van der Waals surface area (Å²) in [6.07, 6.45) is 0. The molecule has 1 heterocycles. The zero-order chi connectivity index (χ0) is 12.3. The summed E-state index contributed by atoms with van der Waals surface area (Å²) in [6, 6.07) is 0.0375. The van der Waals surface area contributed by atoms with Crippen molar-refractivity contribution < 1.29 is 4.79 Å². The van der Waals surface area contributed by atoms with Gasteiger partial charge in [0, 0.05) is 6.04 Å². The molecule has 0 atom stereocenters. The number of thiocarbonyl (C=S) groups is 1. The lowest BCUT2D eigenvalue weighted by Gasteiger charge is -2.25. The minimum absolute atomic E-state index is 0.0375. The van der Waals surface area contributed by atoms with Crippen LogP contribution >= 0.6 is 23.8 Å². The third kappa shape index (κ3) is 2.96. The van der Waals surface area contributed by atoms with Gasteiger partial charge < -0.3 is 10.6 Å². The summed E-state index contributed by atoms with van der Waals surface area (Å²) < 4.78 is 3.74. The molecule has 88 valence electrons. The highest BCUT2D eigenvalue weighted by Gasteiger charge is 2.23. The molecule has 2 N–H and O–H groups in total. The van der Waals surface area contributed by atoms with E-state index in [2.05, 4.69) is 9.59 Å². The maximum Gasteiger partial charge on any atom is 0.268 e. The third-order valence-electron chi connectivity index (χ3n) is 2.06. The summed E-state index contributed by atoms with van der Waals surface area (Å²) in [7, 11) is 0. The van der Waals surface area contributed by atoms with Gasteiger partial charge in [0.25, 0.3) is 5.91 Å². The van der Waals surface area contributed by atoms with E-state index in [-0.39, 0.29) is 18.5 Å². The van der Waals surface area contributed by atoms with Gasteiger partial charge in [-0.05, 0) is 32.3 Å². The number of carbonyl (C=O) groups excluding carboxylic acids is 1. The average molecular weight is 258 g/mol. The van der Waals surface area contributed by atoms with Gasteiger partial charge in [0.1, 0.15) is 4.88 Å². The molecule has 5 nitrogen and oxygen atoms in total. The summed E-state index contributed by atoms with van der Waals surface area (Å²) in [5.74, 6) is -0.115. The predicted molar refractivity (Wildman–Crippen MR) is 67.6 cm³/mol. The van der Waals surface area contributed by atoms with Crippen LogP contribution in [0.25, 0.3) is 0 Å². The van der Waals surface area contributed by atoms with Crippen molar-refractivity contribution in [2.45, 2.75) is 26.8 Å². The highest BCUT2D eigenvalue weighted by Crippen LogP contribution is 2.14. The van der Waals surface area contributed by atoms with Crippen molar-refractivity contribution in [2.75, 3.05) is 6.54 Å². The lowest BCUT2D eigenvalue weighted by atomic mass is 10.2. The first-order chi connectivity index (χ1) is 7.43. The number of nitrogens with zero attached hydrogens (tertiary/aromatic N) is 3. The molecule has 0 fully saturated rings. The van der Waals surface area contributed by atoms with E-state index in [1.807, 2.05) is 13.8 Å². The summed E-state index contributed by atoms with van der Waals surface area (Å²) in [6.45, 7) is 5.87. The lowest BCUT2D eigenvalue weighted by molar-refractivity contribution is 0.0740. The Morgan fingerprint density at radius 1 is 1.62 bits per heavy atom. The Kier molecular flexibility index (Phi) is 4.31. The number of amides is 1. The molecule has 0 unspecified atom stereocenters. The fraction of sp³-hybridized carbons (Fsp3) is 0.556. The zero-order valence-electron chi connectivity index (χ0n) is 9.43. The third-order valence-corrected chi connectivity index (χ3v) is 3.00. The first-order valence-electron chi connectivity index (χ1n) is 4.81. The Labute approximate surface area is 104 Å². The fourth-order valence-electron chi connectivity index (χ4n) is 1.21. The summed E-state index contributed by atoms with van der Waals surface area (Å²) in [5, 5.41) is 3.82. The minimum atomic E-state index is -0.115. The lowest BCUT2D eigenvalue weighted by Crippen LogP contribution is -2.42. The van der Waals surface area contributed by atoms with Gasteiger partial charge >= 0.3 is 0 Å². The second-order valence-electron chi connectivity index (χ2n) is 3.68. The Morgan fingerprint density at radius 2 is 2.25 bits per heavy atom. The molecule has 16 heavy (non-hydrogen) atoms. The molecule has 1 aromatic heterocycles. The Hall–Kier alpha value is -1.08. The van der Waals surface area contributed by atoms with Crippen molar-refractivity contribution in [1.82, 2.24) is 14.5 Å². The van der Waals surface area contributed by atoms with Crippen LogP contribution < -0.4 is 5.73 Å². The van der Waals surface area contributed by atoms with E-state index in [0.717, 1.165) is 11.5 Å². The number of rotatable bonds is 4. The second-order valence-corrected chi connectivity index (χ2v) is 4.96. The van der Waals surface area contributed by atoms with Gasteiger partial charge in [-0.25, -0.2) is 0 Å². The zero-order valence-corrected chi connectivity index (χ0v) is 11.1. The number of hydrogen-bond acceptors (Lipinski definition) is 5. The molecule has 0 saturated carbocycles. The van der Waals surface area contributed by atoms with Crippen LogP contribution in [0.1, 0.15) is 29.2 Å². The van der Waals surface area contributed by atoms with E-state index in [9.17, 15) is 4.79 Å². The van der Waals surface area contributed by atoms with Gasteiger partial charge in [-0.2, -0.15) is 0 Å². The molecule has 1 amide bonds. The van der Waals surface area contributed by atoms with Crippen LogP contribution in [0.3, 0.4) is 0 Å². The van der Waals surface area contributed by atoms with E-state index in [1.165, 1.54) is 0 Å². The fourth-order valence-corrected chi connectivity index (χ4v) is 1.97. The summed E-state index contributed by atoms with van der Waals surface area (Å²) in [4.78, 5) is 14.6. The van der Waals surface area contributed by atoms with Crippen molar-refractivity contribution in [2.24, 2.45) is 5.73 Å². The van der Waals surface area contributed by atoms with Gasteiger partial charge in [0.15, 0.2) is 0 Å². The normalized spacial score (nSPS) is 10.5. The number of nitrogens with two attached hydrogens (primary N) is 1. The van der Waals surface area contributed by atoms with E-state index in [4.69, 9.17) is 18.0 Å². The van der Waals surface area contributed by atoms with Crippen LogP contribution in [0.4, 0.5) is 0 Å². The number of aromatic nitrogens is 2. The van der Waals surface area contributed by atoms with Crippen molar-refractivity contribution >= 4 is 34.6 Å². The molecule has 0 aromatic carbocycles. The maximum absolute atomic E-state index is 12.1. The van der Waals surface area contributed by atoms with Crippen molar-refractivity contribution in [3.63, 3.8) is 0 Å². The molecule has 7 heteroatoms. The van der Waals surface area contributed by atoms with Gasteiger partial charge in [-0.3, -0.25) is 4.79 Å². The molecule has 1 rings (SSSR count). The second kappa shape index (κ2) is 5.31. The average Bonchev–Trinajstić information content (AvgIpc) is 2.59. The SMILES string of the molecule is Cc1nnsc1C(=O)N(CC(N)=S)C(C)C. The molecule has 0 spiro atoms. The van der Waals surface area contributed by atoms with Crippen LogP contribution in [0.2, 0.25) is 0 Å². The quantitative estimate of drug-likeness (QED) is 0.815. The van der Waals surface area contributed by atoms with E-state index in [1.54, 1.807) is 11.8 Å². The first-order valence-corrected chi connectivity index (χ1v) is 6.00. The molecule has 0 aliphatic rings. The monoisotopic (exact) mass is 258 g/mol. The van der Waals surface area contributed by atoms with Crippen LogP contribution in [0.15, 0.2) is 0 Å². The topological polar surface area (TPSA) is 72.1 Å². The Morgan fingerprint density at radius 3 is 2.62 bits per heavy atom. The minimum Gasteiger partial charge on any atom is -0.392 e. The first kappa shape index (κ1) is 13.0. The van der Waals surface area contributed by atoms with Crippen LogP contribution in [-0.2, 0) is 0 Å². The molecular weight excluding hydrogens is 244 g/mol. The van der Waals surface area contributed by atoms with Crippen molar-refractivity contribution in [1.29, 1.82) is 0 Å². The molecule has 0 saturated heterocycles. The summed E-state index contributed by atoms with van der Waals surface area (Å²) in [5.41, 5.74) is 6.11. The number of aryl methyl sites for hydroxylation is 1. The Bertz CT molecular complexity index is 402. The van der Waals surface area contributed by atoms with E-state index < -0.39 is 0 Å². The van der Waals surface area contributed by atoms with Gasteiger partial charge in [-0.15, -0.1) is 5.10 Å². The van der Waals surface area contributed by atoms with Gasteiger partial charge in [-0.1, -0.05) is 16.7 Å². The Balaban J connectivity index is 2.92. The molecule has 0 aliphatic carbocycles. The van der Waals surface area contributed by atoms with Crippen LogP contribution in [0.5, 0.6) is 0 Å². The van der Waals surface area contributed by atoms with Crippen LogP contribution in [-0.4, -0.2) is 38.0 Å². The van der Waals surface area contributed by atoms with E-state index in [0.29, 0.717) is 15.6 Å². The molecular formula is C9H14N4OS2. The van der Waals surface area contributed by atoms with Gasteiger partial charge in [0.2, 0.25) is 0 Å². The summed E-state index contributed by atoms with van der Waals surface area (Å²) >= 11 is 5.92.